The molecule has 0 aromatic heterocycles. The maximum absolute atomic E-state index is 6.17. The van der Waals surface area contributed by atoms with Crippen LogP contribution in [0.15, 0.2) is 12.2 Å². The summed E-state index contributed by atoms with van der Waals surface area (Å²) in [6, 6.07) is -0.0183. The summed E-state index contributed by atoms with van der Waals surface area (Å²) < 4.78 is 5.69. The maximum atomic E-state index is 6.17. The van der Waals surface area contributed by atoms with Crippen molar-refractivity contribution in [2.45, 2.75) is 51.2 Å². The van der Waals surface area contributed by atoms with Gasteiger partial charge >= 0.3 is 0 Å². The number of nitrogens with two attached hydrogens (primary N) is 1. The molecule has 2 nitrogen and oxygen atoms in total. The Morgan fingerprint density at radius 3 is 2.71 bits per heavy atom. The van der Waals surface area contributed by atoms with Gasteiger partial charge in [0.15, 0.2) is 0 Å². The van der Waals surface area contributed by atoms with Crippen molar-refractivity contribution < 1.29 is 4.74 Å². The first-order valence-corrected chi connectivity index (χ1v) is 5.48. The van der Waals surface area contributed by atoms with Gasteiger partial charge in [-0.05, 0) is 25.7 Å². The summed E-state index contributed by atoms with van der Waals surface area (Å²) in [5.74, 6) is 0.717. The molecule has 0 spiro atoms. The van der Waals surface area contributed by atoms with Crippen molar-refractivity contribution in [3.63, 3.8) is 0 Å². The quantitative estimate of drug-likeness (QED) is 0.705. The molecule has 1 fully saturated rings. The van der Waals surface area contributed by atoms with Crippen LogP contribution >= 0.6 is 0 Å². The Hall–Kier alpha value is -0.340. The van der Waals surface area contributed by atoms with Crippen molar-refractivity contribution >= 4 is 0 Å². The molecule has 0 aromatic rings. The van der Waals surface area contributed by atoms with Crippen LogP contribution in [0.4, 0.5) is 0 Å². The highest BCUT2D eigenvalue weighted by Gasteiger charge is 2.40. The summed E-state index contributed by atoms with van der Waals surface area (Å²) in [5.41, 5.74) is 7.05. The second-order valence-corrected chi connectivity index (χ2v) is 4.79. The van der Waals surface area contributed by atoms with E-state index in [-0.39, 0.29) is 11.6 Å². The summed E-state index contributed by atoms with van der Waals surface area (Å²) in [4.78, 5) is 0. The highest BCUT2D eigenvalue weighted by molar-refractivity contribution is 5.11. The Labute approximate surface area is 87.5 Å². The summed E-state index contributed by atoms with van der Waals surface area (Å²) in [6.07, 6.45) is 4.66. The molecule has 1 rings (SSSR count). The molecular formula is C12H23NO. The average molecular weight is 197 g/mol. The largest absolute Gasteiger partial charge is 0.376 e. The summed E-state index contributed by atoms with van der Waals surface area (Å²) in [7, 11) is 1.78. The van der Waals surface area contributed by atoms with Gasteiger partial charge in [0.05, 0.1) is 11.6 Å². The highest BCUT2D eigenvalue weighted by Crippen LogP contribution is 2.38. The topological polar surface area (TPSA) is 35.2 Å². The van der Waals surface area contributed by atoms with Crippen molar-refractivity contribution in [3.8, 4) is 0 Å². The Kier molecular flexibility index (Phi) is 3.73. The van der Waals surface area contributed by atoms with Crippen molar-refractivity contribution in [1.29, 1.82) is 0 Å². The molecule has 0 heterocycles. The highest BCUT2D eigenvalue weighted by atomic mass is 16.5. The fraction of sp³-hybridized carbons (Fsp3) is 0.833. The number of ether oxygens (including phenoxy) is 1. The third kappa shape index (κ3) is 2.18. The van der Waals surface area contributed by atoms with Gasteiger partial charge < -0.3 is 10.5 Å². The van der Waals surface area contributed by atoms with Gasteiger partial charge in [0.25, 0.3) is 0 Å². The molecule has 0 aromatic carbocycles. The first-order valence-electron chi connectivity index (χ1n) is 5.48. The van der Waals surface area contributed by atoms with E-state index < -0.39 is 0 Å². The van der Waals surface area contributed by atoms with E-state index >= 15 is 0 Å². The monoisotopic (exact) mass is 197 g/mol. The molecule has 1 aliphatic carbocycles. The lowest BCUT2D eigenvalue weighted by molar-refractivity contribution is -0.0628. The molecule has 0 radical (unpaired) electrons. The Morgan fingerprint density at radius 1 is 1.64 bits per heavy atom. The molecule has 0 amide bonds. The van der Waals surface area contributed by atoms with Crippen molar-refractivity contribution in [2.75, 3.05) is 7.11 Å². The molecule has 2 N–H and O–H groups in total. The van der Waals surface area contributed by atoms with Gasteiger partial charge in [0.1, 0.15) is 0 Å². The van der Waals surface area contributed by atoms with Gasteiger partial charge in [-0.1, -0.05) is 31.9 Å². The Bertz CT molecular complexity index is 214. The van der Waals surface area contributed by atoms with Crippen LogP contribution in [-0.4, -0.2) is 18.8 Å². The van der Waals surface area contributed by atoms with Crippen molar-refractivity contribution in [2.24, 2.45) is 11.7 Å². The molecule has 82 valence electrons. The number of methoxy groups -OCH3 is 1. The average Bonchev–Trinajstić information content (AvgIpc) is 2.16. The van der Waals surface area contributed by atoms with Crippen molar-refractivity contribution in [3.05, 3.63) is 12.2 Å². The third-order valence-corrected chi connectivity index (χ3v) is 3.50. The zero-order valence-electron chi connectivity index (χ0n) is 9.68. The normalized spacial score (nSPS) is 35.3. The minimum atomic E-state index is -0.149. The minimum absolute atomic E-state index is 0.0183. The molecule has 3 atom stereocenters. The van der Waals surface area contributed by atoms with E-state index in [2.05, 4.69) is 13.5 Å². The molecule has 0 saturated heterocycles. The SMILES string of the molecule is C=C(C)C(N)C1(OC)CCCC(C)C1. The molecular weight excluding hydrogens is 174 g/mol. The zero-order valence-corrected chi connectivity index (χ0v) is 9.68. The van der Waals surface area contributed by atoms with E-state index in [1.54, 1.807) is 7.11 Å². The lowest BCUT2D eigenvalue weighted by Crippen LogP contribution is -2.52. The molecule has 0 aliphatic heterocycles. The lowest BCUT2D eigenvalue weighted by Gasteiger charge is -2.43. The predicted octanol–water partition coefficient (Wildman–Crippen LogP) is 2.49. The Morgan fingerprint density at radius 2 is 2.29 bits per heavy atom. The number of hydrogen-bond acceptors (Lipinski definition) is 2. The zero-order chi connectivity index (χ0) is 10.8. The molecule has 1 saturated carbocycles. The van der Waals surface area contributed by atoms with Gasteiger partial charge in [-0.3, -0.25) is 0 Å². The summed E-state index contributed by atoms with van der Waals surface area (Å²) >= 11 is 0. The standard InChI is InChI=1S/C12H23NO/c1-9(2)11(13)12(14-4)7-5-6-10(3)8-12/h10-11H,1,5-8,13H2,2-4H3. The van der Waals surface area contributed by atoms with Crippen LogP contribution in [0, 0.1) is 5.92 Å². The van der Waals surface area contributed by atoms with Gasteiger partial charge in [-0.15, -0.1) is 0 Å². The smallest absolute Gasteiger partial charge is 0.0869 e. The number of hydrogen-bond donors (Lipinski definition) is 1. The van der Waals surface area contributed by atoms with Crippen LogP contribution in [-0.2, 0) is 4.74 Å². The molecule has 14 heavy (non-hydrogen) atoms. The van der Waals surface area contributed by atoms with Gasteiger partial charge in [-0.25, -0.2) is 0 Å². The van der Waals surface area contributed by atoms with E-state index in [4.69, 9.17) is 10.5 Å². The van der Waals surface area contributed by atoms with Gasteiger partial charge in [0, 0.05) is 7.11 Å². The van der Waals surface area contributed by atoms with E-state index in [1.807, 2.05) is 6.92 Å². The fourth-order valence-corrected chi connectivity index (χ4v) is 2.59. The minimum Gasteiger partial charge on any atom is -0.376 e. The van der Waals surface area contributed by atoms with Gasteiger partial charge in [-0.2, -0.15) is 0 Å². The first kappa shape index (κ1) is 11.7. The molecule has 1 aliphatic rings. The van der Waals surface area contributed by atoms with E-state index in [9.17, 15) is 0 Å². The van der Waals surface area contributed by atoms with E-state index in [0.29, 0.717) is 5.92 Å². The number of rotatable bonds is 3. The Balaban J connectivity index is 2.78. The van der Waals surface area contributed by atoms with Crippen LogP contribution in [0.3, 0.4) is 0 Å². The van der Waals surface area contributed by atoms with Crippen LogP contribution < -0.4 is 5.73 Å². The van der Waals surface area contributed by atoms with E-state index in [0.717, 1.165) is 18.4 Å². The maximum Gasteiger partial charge on any atom is 0.0869 e. The third-order valence-electron chi connectivity index (χ3n) is 3.50. The predicted molar refractivity (Wildman–Crippen MR) is 60.2 cm³/mol. The second-order valence-electron chi connectivity index (χ2n) is 4.79. The molecule has 3 unspecified atom stereocenters. The second kappa shape index (κ2) is 4.45. The van der Waals surface area contributed by atoms with Crippen LogP contribution in [0.2, 0.25) is 0 Å². The van der Waals surface area contributed by atoms with Crippen LogP contribution in [0.1, 0.15) is 39.5 Å². The summed E-state index contributed by atoms with van der Waals surface area (Å²) in [6.45, 7) is 8.21. The van der Waals surface area contributed by atoms with Crippen LogP contribution in [0.5, 0.6) is 0 Å². The molecule has 2 heteroatoms. The first-order chi connectivity index (χ1) is 6.52. The summed E-state index contributed by atoms with van der Waals surface area (Å²) in [5, 5.41) is 0. The fourth-order valence-electron chi connectivity index (χ4n) is 2.59. The van der Waals surface area contributed by atoms with Crippen molar-refractivity contribution in [1.82, 2.24) is 0 Å². The lowest BCUT2D eigenvalue weighted by atomic mass is 9.73. The van der Waals surface area contributed by atoms with Crippen LogP contribution in [0.25, 0.3) is 0 Å². The van der Waals surface area contributed by atoms with Gasteiger partial charge in [0.2, 0.25) is 0 Å². The van der Waals surface area contributed by atoms with E-state index in [1.165, 1.54) is 12.8 Å². The molecule has 0 bridgehead atoms.